The minimum atomic E-state index is -0.464. The smallest absolute Gasteiger partial charge is 0.410 e. The van der Waals surface area contributed by atoms with E-state index in [1.54, 1.807) is 35.0 Å². The van der Waals surface area contributed by atoms with Crippen molar-refractivity contribution in [3.8, 4) is 6.07 Å². The molecule has 1 amide bonds. The zero-order valence-electron chi connectivity index (χ0n) is 13.9. The monoisotopic (exact) mass is 333 g/mol. The van der Waals surface area contributed by atoms with Crippen molar-refractivity contribution in [2.24, 2.45) is 5.92 Å². The van der Waals surface area contributed by atoms with Gasteiger partial charge in [0.15, 0.2) is 0 Å². The quantitative estimate of drug-likeness (QED) is 0.789. The highest BCUT2D eigenvalue weighted by molar-refractivity contribution is 7.99. The van der Waals surface area contributed by atoms with Crippen LogP contribution in [0, 0.1) is 17.2 Å². The van der Waals surface area contributed by atoms with Crippen molar-refractivity contribution in [2.45, 2.75) is 44.2 Å². The van der Waals surface area contributed by atoms with Gasteiger partial charge in [0.05, 0.1) is 5.56 Å². The Morgan fingerprint density at radius 2 is 2.35 bits per heavy atom. The fraction of sp³-hybridized carbons (Fsp3) is 0.588. The van der Waals surface area contributed by atoms with Gasteiger partial charge < -0.3 is 9.64 Å². The number of carbonyl (C=O) groups is 1. The molecule has 0 N–H and O–H groups in total. The Hall–Kier alpha value is -1.74. The van der Waals surface area contributed by atoms with Crippen LogP contribution in [-0.2, 0) is 4.74 Å². The topological polar surface area (TPSA) is 66.2 Å². The lowest BCUT2D eigenvalue weighted by Gasteiger charge is -2.34. The maximum absolute atomic E-state index is 12.2. The number of ether oxygens (including phenoxy) is 1. The summed E-state index contributed by atoms with van der Waals surface area (Å²) in [5.41, 5.74) is 0.145. The first kappa shape index (κ1) is 17.6. The highest BCUT2D eigenvalue weighted by Crippen LogP contribution is 2.27. The van der Waals surface area contributed by atoms with Crippen LogP contribution in [-0.4, -0.2) is 40.4 Å². The lowest BCUT2D eigenvalue weighted by Crippen LogP contribution is -2.43. The summed E-state index contributed by atoms with van der Waals surface area (Å²) < 4.78 is 5.45. The molecular weight excluding hydrogens is 310 g/mol. The summed E-state index contributed by atoms with van der Waals surface area (Å²) in [6.45, 7) is 7.10. The van der Waals surface area contributed by atoms with E-state index in [2.05, 4.69) is 11.1 Å². The third-order valence-corrected chi connectivity index (χ3v) is 4.75. The predicted octanol–water partition coefficient (Wildman–Crippen LogP) is 3.69. The van der Waals surface area contributed by atoms with Crippen LogP contribution in [0.1, 0.15) is 39.2 Å². The van der Waals surface area contributed by atoms with Crippen LogP contribution in [0.25, 0.3) is 0 Å². The predicted molar refractivity (Wildman–Crippen MR) is 90.2 cm³/mol. The summed E-state index contributed by atoms with van der Waals surface area (Å²) in [4.78, 5) is 18.2. The maximum Gasteiger partial charge on any atom is 0.410 e. The summed E-state index contributed by atoms with van der Waals surface area (Å²) in [5, 5.41) is 9.87. The van der Waals surface area contributed by atoms with E-state index in [-0.39, 0.29) is 6.09 Å². The Balaban J connectivity index is 1.89. The molecule has 0 spiro atoms. The van der Waals surface area contributed by atoms with Crippen LogP contribution in [0.4, 0.5) is 4.79 Å². The highest BCUT2D eigenvalue weighted by Gasteiger charge is 2.27. The standard InChI is InChI=1S/C17H23N3O2S/c1-17(2,3)22-16(21)20-9-5-6-13(11-20)12-23-15-14(10-18)7-4-8-19-15/h4,7-8,13H,5-6,9,11-12H2,1-3H3/t13-/m1/s1. The van der Waals surface area contributed by atoms with Gasteiger partial charge in [0.2, 0.25) is 0 Å². The number of rotatable bonds is 3. The first-order chi connectivity index (χ1) is 10.9. The van der Waals surface area contributed by atoms with Crippen molar-refractivity contribution in [1.29, 1.82) is 5.26 Å². The second kappa shape index (κ2) is 7.69. The first-order valence-corrected chi connectivity index (χ1v) is 8.83. The van der Waals surface area contributed by atoms with Crippen molar-refractivity contribution < 1.29 is 9.53 Å². The summed E-state index contributed by atoms with van der Waals surface area (Å²) >= 11 is 1.59. The molecule has 124 valence electrons. The van der Waals surface area contributed by atoms with Crippen molar-refractivity contribution in [1.82, 2.24) is 9.88 Å². The van der Waals surface area contributed by atoms with E-state index in [0.717, 1.165) is 30.2 Å². The fourth-order valence-corrected chi connectivity index (χ4v) is 3.55. The van der Waals surface area contributed by atoms with Crippen molar-refractivity contribution in [3.63, 3.8) is 0 Å². The van der Waals surface area contributed by atoms with E-state index in [0.29, 0.717) is 18.0 Å². The van der Waals surface area contributed by atoms with Crippen LogP contribution in [0.5, 0.6) is 0 Å². The van der Waals surface area contributed by atoms with Crippen LogP contribution < -0.4 is 0 Å². The van der Waals surface area contributed by atoms with Crippen molar-refractivity contribution in [3.05, 3.63) is 23.9 Å². The van der Waals surface area contributed by atoms with E-state index in [9.17, 15) is 4.79 Å². The molecule has 1 aliphatic heterocycles. The molecular formula is C17H23N3O2S. The molecule has 0 radical (unpaired) electrons. The number of aromatic nitrogens is 1. The zero-order chi connectivity index (χ0) is 16.9. The molecule has 2 rings (SSSR count). The fourth-order valence-electron chi connectivity index (χ4n) is 2.48. The number of nitrogens with zero attached hydrogens (tertiary/aromatic N) is 3. The molecule has 1 atom stereocenters. The summed E-state index contributed by atoms with van der Waals surface area (Å²) in [6.07, 6.45) is 3.54. The van der Waals surface area contributed by atoms with Gasteiger partial charge in [-0.15, -0.1) is 11.8 Å². The third-order valence-electron chi connectivity index (χ3n) is 3.52. The summed E-state index contributed by atoms with van der Waals surface area (Å²) in [6, 6.07) is 5.72. The van der Waals surface area contributed by atoms with Gasteiger partial charge in [0.25, 0.3) is 0 Å². The van der Waals surface area contributed by atoms with Gasteiger partial charge in [-0.25, -0.2) is 9.78 Å². The SMILES string of the molecule is CC(C)(C)OC(=O)N1CCC[C@@H](CSc2ncccc2C#N)C1. The number of nitriles is 1. The Bertz CT molecular complexity index is 592. The lowest BCUT2D eigenvalue weighted by molar-refractivity contribution is 0.0177. The minimum absolute atomic E-state index is 0.234. The number of hydrogen-bond acceptors (Lipinski definition) is 5. The molecule has 1 aromatic heterocycles. The summed E-state index contributed by atoms with van der Waals surface area (Å²) in [5.74, 6) is 1.25. The van der Waals surface area contributed by atoms with Gasteiger partial charge in [-0.3, -0.25) is 0 Å². The average molecular weight is 333 g/mol. The maximum atomic E-state index is 12.2. The molecule has 1 saturated heterocycles. The Morgan fingerprint density at radius 3 is 3.04 bits per heavy atom. The molecule has 6 heteroatoms. The zero-order valence-corrected chi connectivity index (χ0v) is 14.7. The lowest BCUT2D eigenvalue weighted by atomic mass is 10.0. The second-order valence-electron chi connectivity index (χ2n) is 6.71. The van der Waals surface area contributed by atoms with Gasteiger partial charge in [-0.2, -0.15) is 5.26 Å². The largest absolute Gasteiger partial charge is 0.444 e. The second-order valence-corrected chi connectivity index (χ2v) is 7.72. The van der Waals surface area contributed by atoms with E-state index >= 15 is 0 Å². The molecule has 2 heterocycles. The Labute approximate surface area is 142 Å². The highest BCUT2D eigenvalue weighted by atomic mass is 32.2. The van der Waals surface area contributed by atoms with E-state index < -0.39 is 5.60 Å². The molecule has 23 heavy (non-hydrogen) atoms. The van der Waals surface area contributed by atoms with Crippen LogP contribution in [0.15, 0.2) is 23.4 Å². The normalized spacial score (nSPS) is 18.3. The molecule has 0 aromatic carbocycles. The summed E-state index contributed by atoms with van der Waals surface area (Å²) in [7, 11) is 0. The minimum Gasteiger partial charge on any atom is -0.444 e. The molecule has 0 unspecified atom stereocenters. The van der Waals surface area contributed by atoms with Crippen molar-refractivity contribution >= 4 is 17.9 Å². The number of thioether (sulfide) groups is 1. The van der Waals surface area contributed by atoms with Gasteiger partial charge >= 0.3 is 6.09 Å². The average Bonchev–Trinajstić information content (AvgIpc) is 2.52. The van der Waals surface area contributed by atoms with E-state index in [1.807, 2.05) is 20.8 Å². The van der Waals surface area contributed by atoms with Crippen molar-refractivity contribution in [2.75, 3.05) is 18.8 Å². The van der Waals surface area contributed by atoms with Crippen LogP contribution in [0.2, 0.25) is 0 Å². The van der Waals surface area contributed by atoms with Gasteiger partial charge in [-0.05, 0) is 51.7 Å². The molecule has 0 aliphatic carbocycles. The number of amides is 1. The molecule has 1 aromatic rings. The van der Waals surface area contributed by atoms with Crippen LogP contribution in [0.3, 0.4) is 0 Å². The first-order valence-electron chi connectivity index (χ1n) is 7.85. The van der Waals surface area contributed by atoms with E-state index in [1.165, 1.54) is 0 Å². The van der Waals surface area contributed by atoms with E-state index in [4.69, 9.17) is 10.00 Å². The number of pyridine rings is 1. The van der Waals surface area contributed by atoms with Crippen LogP contribution >= 0.6 is 11.8 Å². The molecule has 5 nitrogen and oxygen atoms in total. The van der Waals surface area contributed by atoms with Gasteiger partial charge in [0.1, 0.15) is 16.7 Å². The molecule has 0 bridgehead atoms. The number of carbonyl (C=O) groups excluding carboxylic acids is 1. The van der Waals surface area contributed by atoms with Gasteiger partial charge in [-0.1, -0.05) is 0 Å². The number of hydrogen-bond donors (Lipinski definition) is 0. The molecule has 1 fully saturated rings. The Kier molecular flexibility index (Phi) is 5.89. The number of piperidine rings is 1. The van der Waals surface area contributed by atoms with Gasteiger partial charge in [0, 0.05) is 25.0 Å². The Morgan fingerprint density at radius 1 is 1.57 bits per heavy atom. The third kappa shape index (κ3) is 5.43. The molecule has 0 saturated carbocycles. The molecule has 1 aliphatic rings. The number of likely N-dealkylation sites (tertiary alicyclic amines) is 1.